The molecule has 2 heterocycles. The number of nitrogens with two attached hydrogens (primary N) is 1. The number of rotatable bonds is 3. The van der Waals surface area contributed by atoms with Gasteiger partial charge in [0.15, 0.2) is 0 Å². The number of piperazine rings is 1. The van der Waals surface area contributed by atoms with Crippen molar-refractivity contribution in [1.29, 1.82) is 0 Å². The lowest BCUT2D eigenvalue weighted by Gasteiger charge is -2.32. The van der Waals surface area contributed by atoms with E-state index in [9.17, 15) is 5.11 Å². The molecular weight excluding hydrogens is 218 g/mol. The number of aliphatic hydroxyl groups excluding tert-OH is 1. The van der Waals surface area contributed by atoms with Crippen LogP contribution in [0.3, 0.4) is 0 Å². The average Bonchev–Trinajstić information content (AvgIpc) is 2.39. The summed E-state index contributed by atoms with van der Waals surface area (Å²) in [7, 11) is 2.11. The first-order valence-corrected chi connectivity index (χ1v) is 5.84. The number of nitrogens with zero attached hydrogens (tertiary/aromatic N) is 4. The summed E-state index contributed by atoms with van der Waals surface area (Å²) in [6.07, 6.45) is 2.63. The van der Waals surface area contributed by atoms with Gasteiger partial charge < -0.3 is 20.6 Å². The van der Waals surface area contributed by atoms with Gasteiger partial charge in [0.2, 0.25) is 5.95 Å². The van der Waals surface area contributed by atoms with Crippen molar-refractivity contribution < 1.29 is 5.11 Å². The first-order chi connectivity index (χ1) is 8.20. The zero-order valence-corrected chi connectivity index (χ0v) is 10.1. The van der Waals surface area contributed by atoms with Gasteiger partial charge in [-0.3, -0.25) is 0 Å². The van der Waals surface area contributed by atoms with Gasteiger partial charge >= 0.3 is 0 Å². The third kappa shape index (κ3) is 2.91. The summed E-state index contributed by atoms with van der Waals surface area (Å²) in [6, 6.07) is 0. The summed E-state index contributed by atoms with van der Waals surface area (Å²) in [5.41, 5.74) is 6.05. The summed E-state index contributed by atoms with van der Waals surface area (Å²) in [6.45, 7) is 4.12. The van der Waals surface area contributed by atoms with E-state index >= 15 is 0 Å². The smallest absolute Gasteiger partial charge is 0.225 e. The van der Waals surface area contributed by atoms with E-state index < -0.39 is 6.10 Å². The Morgan fingerprint density at radius 1 is 1.29 bits per heavy atom. The molecule has 1 aliphatic heterocycles. The highest BCUT2D eigenvalue weighted by molar-refractivity contribution is 5.31. The number of aliphatic hydroxyl groups is 1. The second-order valence-electron chi connectivity index (χ2n) is 4.36. The van der Waals surface area contributed by atoms with Crippen LogP contribution < -0.4 is 10.6 Å². The summed E-state index contributed by atoms with van der Waals surface area (Å²) in [4.78, 5) is 13.0. The molecular formula is C11H19N5O. The molecule has 1 saturated heterocycles. The molecule has 1 aromatic heterocycles. The molecule has 2 rings (SSSR count). The largest absolute Gasteiger partial charge is 0.387 e. The van der Waals surface area contributed by atoms with E-state index in [1.165, 1.54) is 0 Å². The van der Waals surface area contributed by atoms with Gasteiger partial charge in [0.1, 0.15) is 0 Å². The fraction of sp³-hybridized carbons (Fsp3) is 0.636. The molecule has 3 N–H and O–H groups in total. The topological polar surface area (TPSA) is 78.5 Å². The van der Waals surface area contributed by atoms with Crippen molar-refractivity contribution in [3.63, 3.8) is 0 Å². The molecule has 0 bridgehead atoms. The Hall–Kier alpha value is -1.24. The van der Waals surface area contributed by atoms with Gasteiger partial charge in [-0.05, 0) is 7.05 Å². The van der Waals surface area contributed by atoms with Crippen LogP contribution in [-0.2, 0) is 0 Å². The Labute approximate surface area is 101 Å². The molecule has 94 valence electrons. The molecule has 0 radical (unpaired) electrons. The molecule has 1 atom stereocenters. The summed E-state index contributed by atoms with van der Waals surface area (Å²) in [5.74, 6) is 0.728. The number of aromatic nitrogens is 2. The molecule has 6 nitrogen and oxygen atoms in total. The van der Waals surface area contributed by atoms with Gasteiger partial charge in [-0.1, -0.05) is 0 Å². The second kappa shape index (κ2) is 5.39. The highest BCUT2D eigenvalue weighted by atomic mass is 16.3. The number of likely N-dealkylation sites (N-methyl/N-ethyl adjacent to an activating group) is 1. The third-order valence-electron chi connectivity index (χ3n) is 3.05. The molecule has 0 amide bonds. The number of hydrogen-bond acceptors (Lipinski definition) is 6. The fourth-order valence-corrected chi connectivity index (χ4v) is 1.81. The van der Waals surface area contributed by atoms with Crippen LogP contribution in [0.4, 0.5) is 5.95 Å². The lowest BCUT2D eigenvalue weighted by Crippen LogP contribution is -2.45. The third-order valence-corrected chi connectivity index (χ3v) is 3.05. The van der Waals surface area contributed by atoms with Crippen molar-refractivity contribution in [2.75, 3.05) is 44.7 Å². The van der Waals surface area contributed by atoms with E-state index in [2.05, 4.69) is 26.8 Å². The van der Waals surface area contributed by atoms with Crippen molar-refractivity contribution in [2.45, 2.75) is 6.10 Å². The minimum atomic E-state index is -0.670. The molecule has 0 spiro atoms. The molecule has 0 saturated carbocycles. The van der Waals surface area contributed by atoms with E-state index in [-0.39, 0.29) is 6.54 Å². The summed E-state index contributed by atoms with van der Waals surface area (Å²) < 4.78 is 0. The first kappa shape index (κ1) is 12.2. The van der Waals surface area contributed by atoms with Gasteiger partial charge in [-0.15, -0.1) is 0 Å². The Bertz CT molecular complexity index is 347. The Kier molecular flexibility index (Phi) is 3.88. The van der Waals surface area contributed by atoms with Crippen LogP contribution in [0.5, 0.6) is 0 Å². The molecule has 1 aromatic rings. The van der Waals surface area contributed by atoms with Crippen molar-refractivity contribution in [3.8, 4) is 0 Å². The zero-order valence-electron chi connectivity index (χ0n) is 10.1. The zero-order chi connectivity index (χ0) is 12.3. The highest BCUT2D eigenvalue weighted by Crippen LogP contribution is 2.13. The maximum Gasteiger partial charge on any atom is 0.225 e. The van der Waals surface area contributed by atoms with Crippen LogP contribution >= 0.6 is 0 Å². The van der Waals surface area contributed by atoms with Crippen molar-refractivity contribution in [2.24, 2.45) is 5.73 Å². The molecule has 17 heavy (non-hydrogen) atoms. The van der Waals surface area contributed by atoms with Crippen molar-refractivity contribution in [1.82, 2.24) is 14.9 Å². The standard InChI is InChI=1S/C11H19N5O/c1-15-2-4-16(5-3-15)11-13-7-9(8-14-11)10(17)6-12/h7-8,10,17H,2-6,12H2,1H3. The fourth-order valence-electron chi connectivity index (χ4n) is 1.81. The lowest BCUT2D eigenvalue weighted by atomic mass is 10.2. The molecule has 0 aliphatic carbocycles. The normalized spacial score (nSPS) is 19.4. The predicted octanol–water partition coefficient (Wildman–Crippen LogP) is -0.779. The van der Waals surface area contributed by atoms with Crippen molar-refractivity contribution in [3.05, 3.63) is 18.0 Å². The van der Waals surface area contributed by atoms with Gasteiger partial charge in [0, 0.05) is 50.7 Å². The Morgan fingerprint density at radius 2 is 1.88 bits per heavy atom. The van der Waals surface area contributed by atoms with Gasteiger partial charge in [0.25, 0.3) is 0 Å². The Balaban J connectivity index is 2.02. The predicted molar refractivity (Wildman–Crippen MR) is 65.8 cm³/mol. The quantitative estimate of drug-likeness (QED) is 0.718. The number of hydrogen-bond donors (Lipinski definition) is 2. The molecule has 1 unspecified atom stereocenters. The molecule has 1 fully saturated rings. The first-order valence-electron chi connectivity index (χ1n) is 5.84. The van der Waals surface area contributed by atoms with Crippen LogP contribution in [0.25, 0.3) is 0 Å². The molecule has 1 aliphatic rings. The number of anilines is 1. The van der Waals surface area contributed by atoms with Gasteiger partial charge in [-0.25, -0.2) is 9.97 Å². The van der Waals surface area contributed by atoms with Crippen molar-refractivity contribution >= 4 is 5.95 Å². The van der Waals surface area contributed by atoms with Crippen LogP contribution in [0, 0.1) is 0 Å². The van der Waals surface area contributed by atoms with E-state index in [1.54, 1.807) is 12.4 Å². The molecule has 0 aromatic carbocycles. The van der Waals surface area contributed by atoms with Crippen LogP contribution in [-0.4, -0.2) is 59.7 Å². The maximum atomic E-state index is 9.54. The minimum absolute atomic E-state index is 0.192. The van der Waals surface area contributed by atoms with Gasteiger partial charge in [0.05, 0.1) is 6.10 Å². The van der Waals surface area contributed by atoms with Crippen LogP contribution in [0.2, 0.25) is 0 Å². The summed E-state index contributed by atoms with van der Waals surface area (Å²) >= 11 is 0. The lowest BCUT2D eigenvalue weighted by molar-refractivity contribution is 0.186. The monoisotopic (exact) mass is 237 g/mol. The average molecular weight is 237 g/mol. The molecule has 6 heteroatoms. The maximum absolute atomic E-state index is 9.54. The van der Waals surface area contributed by atoms with Crippen LogP contribution in [0.1, 0.15) is 11.7 Å². The van der Waals surface area contributed by atoms with E-state index in [4.69, 9.17) is 5.73 Å². The second-order valence-corrected chi connectivity index (χ2v) is 4.36. The highest BCUT2D eigenvalue weighted by Gasteiger charge is 2.16. The summed E-state index contributed by atoms with van der Waals surface area (Å²) in [5, 5.41) is 9.54. The van der Waals surface area contributed by atoms with Gasteiger partial charge in [-0.2, -0.15) is 0 Å². The van der Waals surface area contributed by atoms with E-state index in [0.29, 0.717) is 5.56 Å². The SMILES string of the molecule is CN1CCN(c2ncc(C(O)CN)cn2)CC1. The Morgan fingerprint density at radius 3 is 2.41 bits per heavy atom. The minimum Gasteiger partial charge on any atom is -0.387 e. The van der Waals surface area contributed by atoms with Crippen LogP contribution in [0.15, 0.2) is 12.4 Å². The van der Waals surface area contributed by atoms with E-state index in [0.717, 1.165) is 32.1 Å². The van der Waals surface area contributed by atoms with E-state index in [1.807, 2.05) is 0 Å².